The average molecular weight is 261 g/mol. The normalized spacial score (nSPS) is 12.3. The molecule has 1 atom stereocenters. The molecule has 0 aliphatic carbocycles. The zero-order valence-electron chi connectivity index (χ0n) is 10.6. The van der Waals surface area contributed by atoms with E-state index in [1.165, 1.54) is 18.2 Å². The van der Waals surface area contributed by atoms with Gasteiger partial charge in [-0.05, 0) is 30.7 Å². The van der Waals surface area contributed by atoms with Gasteiger partial charge in [0, 0.05) is 18.2 Å². The highest BCUT2D eigenvalue weighted by molar-refractivity contribution is 5.44. The fourth-order valence-electron chi connectivity index (χ4n) is 1.85. The van der Waals surface area contributed by atoms with Crippen LogP contribution in [0.3, 0.4) is 0 Å². The van der Waals surface area contributed by atoms with E-state index in [0.29, 0.717) is 12.1 Å². The first kappa shape index (κ1) is 13.4. The SMILES string of the molecule is C[C@@H](NCc1cccc(O)c1O)c1ccc(F)cc1. The van der Waals surface area contributed by atoms with Crippen molar-refractivity contribution in [2.45, 2.75) is 19.5 Å². The number of benzene rings is 2. The molecular weight excluding hydrogens is 245 g/mol. The first-order valence-electron chi connectivity index (χ1n) is 6.06. The van der Waals surface area contributed by atoms with Crippen molar-refractivity contribution in [2.24, 2.45) is 0 Å². The molecule has 0 heterocycles. The van der Waals surface area contributed by atoms with Crippen LogP contribution in [0, 0.1) is 5.82 Å². The molecule has 0 saturated heterocycles. The van der Waals surface area contributed by atoms with E-state index in [1.807, 2.05) is 6.92 Å². The van der Waals surface area contributed by atoms with E-state index in [1.54, 1.807) is 24.3 Å². The Morgan fingerprint density at radius 1 is 1.11 bits per heavy atom. The summed E-state index contributed by atoms with van der Waals surface area (Å²) in [4.78, 5) is 0. The summed E-state index contributed by atoms with van der Waals surface area (Å²) in [5.41, 5.74) is 1.58. The van der Waals surface area contributed by atoms with E-state index >= 15 is 0 Å². The number of nitrogens with one attached hydrogen (secondary N) is 1. The van der Waals surface area contributed by atoms with E-state index in [4.69, 9.17) is 0 Å². The van der Waals surface area contributed by atoms with Crippen molar-refractivity contribution in [3.8, 4) is 11.5 Å². The first-order valence-corrected chi connectivity index (χ1v) is 6.06. The van der Waals surface area contributed by atoms with Crippen molar-refractivity contribution >= 4 is 0 Å². The number of para-hydroxylation sites is 1. The maximum atomic E-state index is 12.8. The van der Waals surface area contributed by atoms with Gasteiger partial charge in [0.1, 0.15) is 5.82 Å². The maximum absolute atomic E-state index is 12.8. The summed E-state index contributed by atoms with van der Waals surface area (Å²) in [5.74, 6) is -0.503. The van der Waals surface area contributed by atoms with Crippen LogP contribution in [0.5, 0.6) is 11.5 Å². The number of halogens is 1. The van der Waals surface area contributed by atoms with Crippen LogP contribution in [-0.2, 0) is 6.54 Å². The summed E-state index contributed by atoms with van der Waals surface area (Å²) in [5, 5.41) is 22.3. The predicted octanol–water partition coefficient (Wildman–Crippen LogP) is 3.09. The highest BCUT2D eigenvalue weighted by atomic mass is 19.1. The molecule has 0 radical (unpaired) electrons. The van der Waals surface area contributed by atoms with Gasteiger partial charge in [0.25, 0.3) is 0 Å². The van der Waals surface area contributed by atoms with Crippen LogP contribution in [0.1, 0.15) is 24.1 Å². The van der Waals surface area contributed by atoms with Crippen LogP contribution >= 0.6 is 0 Å². The molecule has 0 amide bonds. The minimum absolute atomic E-state index is 0.0161. The molecule has 4 heteroatoms. The molecule has 19 heavy (non-hydrogen) atoms. The maximum Gasteiger partial charge on any atom is 0.161 e. The number of phenolic OH excluding ortho intramolecular Hbond substituents is 2. The molecule has 2 rings (SSSR count). The number of rotatable bonds is 4. The van der Waals surface area contributed by atoms with Gasteiger partial charge >= 0.3 is 0 Å². The Hall–Kier alpha value is -2.07. The lowest BCUT2D eigenvalue weighted by Gasteiger charge is -2.15. The molecule has 100 valence electrons. The second kappa shape index (κ2) is 5.71. The van der Waals surface area contributed by atoms with Gasteiger partial charge in [-0.15, -0.1) is 0 Å². The van der Waals surface area contributed by atoms with Crippen molar-refractivity contribution in [2.75, 3.05) is 0 Å². The topological polar surface area (TPSA) is 52.5 Å². The Balaban J connectivity index is 2.02. The molecule has 0 aliphatic heterocycles. The molecule has 0 bridgehead atoms. The smallest absolute Gasteiger partial charge is 0.161 e. The summed E-state index contributed by atoms with van der Waals surface area (Å²) in [7, 11) is 0. The second-order valence-corrected chi connectivity index (χ2v) is 4.44. The molecule has 0 unspecified atom stereocenters. The summed E-state index contributed by atoms with van der Waals surface area (Å²) >= 11 is 0. The minimum atomic E-state index is -0.262. The van der Waals surface area contributed by atoms with E-state index in [0.717, 1.165) is 5.56 Å². The monoisotopic (exact) mass is 261 g/mol. The van der Waals surface area contributed by atoms with Gasteiger partial charge < -0.3 is 15.5 Å². The Bertz CT molecular complexity index is 555. The van der Waals surface area contributed by atoms with Crippen molar-refractivity contribution in [3.05, 3.63) is 59.4 Å². The fourth-order valence-corrected chi connectivity index (χ4v) is 1.85. The zero-order valence-corrected chi connectivity index (χ0v) is 10.6. The quantitative estimate of drug-likeness (QED) is 0.741. The summed E-state index contributed by atoms with van der Waals surface area (Å²) in [6.45, 7) is 2.37. The average Bonchev–Trinajstić information content (AvgIpc) is 2.41. The number of hydrogen-bond acceptors (Lipinski definition) is 3. The van der Waals surface area contributed by atoms with Crippen LogP contribution in [0.15, 0.2) is 42.5 Å². The lowest BCUT2D eigenvalue weighted by atomic mass is 10.1. The fraction of sp³-hybridized carbons (Fsp3) is 0.200. The highest BCUT2D eigenvalue weighted by Crippen LogP contribution is 2.28. The van der Waals surface area contributed by atoms with Crippen LogP contribution < -0.4 is 5.32 Å². The van der Waals surface area contributed by atoms with Crippen molar-refractivity contribution in [1.82, 2.24) is 5.32 Å². The van der Waals surface area contributed by atoms with Gasteiger partial charge in [0.2, 0.25) is 0 Å². The zero-order chi connectivity index (χ0) is 13.8. The van der Waals surface area contributed by atoms with Crippen molar-refractivity contribution in [1.29, 1.82) is 0 Å². The van der Waals surface area contributed by atoms with Crippen LogP contribution in [0.25, 0.3) is 0 Å². The Kier molecular flexibility index (Phi) is 4.02. The molecule has 0 saturated carbocycles. The molecule has 2 aromatic rings. The lowest BCUT2D eigenvalue weighted by molar-refractivity contribution is 0.396. The van der Waals surface area contributed by atoms with Gasteiger partial charge in [0.05, 0.1) is 0 Å². The van der Waals surface area contributed by atoms with Gasteiger partial charge in [-0.2, -0.15) is 0 Å². The Morgan fingerprint density at radius 3 is 2.47 bits per heavy atom. The van der Waals surface area contributed by atoms with Gasteiger partial charge in [0.15, 0.2) is 11.5 Å². The van der Waals surface area contributed by atoms with Gasteiger partial charge in [-0.1, -0.05) is 24.3 Å². The molecule has 0 aliphatic rings. The molecule has 3 nitrogen and oxygen atoms in total. The van der Waals surface area contributed by atoms with Crippen LogP contribution in [0.2, 0.25) is 0 Å². The third-order valence-corrected chi connectivity index (χ3v) is 3.07. The highest BCUT2D eigenvalue weighted by Gasteiger charge is 2.08. The number of phenols is 2. The Labute approximate surface area is 111 Å². The predicted molar refractivity (Wildman–Crippen MR) is 71.4 cm³/mol. The third kappa shape index (κ3) is 3.23. The van der Waals surface area contributed by atoms with Crippen molar-refractivity contribution in [3.63, 3.8) is 0 Å². The molecular formula is C15H16FNO2. The van der Waals surface area contributed by atoms with Crippen LogP contribution in [0.4, 0.5) is 4.39 Å². The van der Waals surface area contributed by atoms with E-state index in [2.05, 4.69) is 5.32 Å². The lowest BCUT2D eigenvalue weighted by Crippen LogP contribution is -2.18. The molecule has 0 fully saturated rings. The van der Waals surface area contributed by atoms with Gasteiger partial charge in [-0.25, -0.2) is 4.39 Å². The molecule has 2 aromatic carbocycles. The van der Waals surface area contributed by atoms with Gasteiger partial charge in [-0.3, -0.25) is 0 Å². The molecule has 3 N–H and O–H groups in total. The third-order valence-electron chi connectivity index (χ3n) is 3.07. The molecule has 0 spiro atoms. The van der Waals surface area contributed by atoms with E-state index < -0.39 is 0 Å². The summed E-state index contributed by atoms with van der Waals surface area (Å²) in [6.07, 6.45) is 0. The summed E-state index contributed by atoms with van der Waals surface area (Å²) < 4.78 is 12.8. The number of aromatic hydroxyl groups is 2. The Morgan fingerprint density at radius 2 is 1.79 bits per heavy atom. The van der Waals surface area contributed by atoms with Crippen molar-refractivity contribution < 1.29 is 14.6 Å². The standard InChI is InChI=1S/C15H16FNO2/c1-10(11-5-7-13(16)8-6-11)17-9-12-3-2-4-14(18)15(12)19/h2-8,10,17-19H,9H2,1H3/t10-/m1/s1. The minimum Gasteiger partial charge on any atom is -0.504 e. The first-order chi connectivity index (χ1) is 9.08. The van der Waals surface area contributed by atoms with E-state index in [9.17, 15) is 14.6 Å². The second-order valence-electron chi connectivity index (χ2n) is 4.44. The summed E-state index contributed by atoms with van der Waals surface area (Å²) in [6, 6.07) is 11.1. The van der Waals surface area contributed by atoms with E-state index in [-0.39, 0.29) is 23.4 Å². The molecule has 0 aromatic heterocycles. The largest absolute Gasteiger partial charge is 0.504 e. The van der Waals surface area contributed by atoms with Crippen LogP contribution in [-0.4, -0.2) is 10.2 Å². The number of hydrogen-bond donors (Lipinski definition) is 3.